The van der Waals surface area contributed by atoms with E-state index in [0.29, 0.717) is 10.7 Å². The summed E-state index contributed by atoms with van der Waals surface area (Å²) >= 11 is 5.74. The normalized spacial score (nSPS) is 21.8. The minimum Gasteiger partial charge on any atom is -0.254 e. The molecule has 1 aromatic carbocycles. The first-order chi connectivity index (χ1) is 7.46. The topological polar surface area (TPSA) is 70.3 Å². The lowest BCUT2D eigenvalue weighted by Gasteiger charge is -2.18. The molecule has 0 spiro atoms. The average molecular weight is 255 g/mol. The number of aliphatic imine (C=N–C) groups is 1. The van der Waals surface area contributed by atoms with Crippen molar-refractivity contribution in [2.45, 2.75) is 17.1 Å². The van der Waals surface area contributed by atoms with Gasteiger partial charge >= 0.3 is 0 Å². The molecule has 1 aliphatic heterocycles. The predicted molar refractivity (Wildman–Crippen MR) is 60.8 cm³/mol. The third kappa shape index (κ3) is 1.51. The maximum absolute atomic E-state index is 12.0. The van der Waals surface area contributed by atoms with E-state index in [2.05, 4.69) is 4.99 Å². The molecule has 0 saturated carbocycles. The number of hydrogen-bond donors (Lipinski definition) is 0. The van der Waals surface area contributed by atoms with Crippen LogP contribution < -0.4 is 0 Å². The SMILES string of the molecule is CC1=Nc2ccc(Cl)cc2S(=O)(=O)C1C#N. The van der Waals surface area contributed by atoms with Gasteiger partial charge in [0.1, 0.15) is 0 Å². The predicted octanol–water partition coefficient (Wildman–Crippen LogP) is 2.11. The van der Waals surface area contributed by atoms with Crippen LogP contribution in [0.3, 0.4) is 0 Å². The summed E-state index contributed by atoms with van der Waals surface area (Å²) in [6.07, 6.45) is 0. The van der Waals surface area contributed by atoms with Gasteiger partial charge in [-0.1, -0.05) is 11.6 Å². The molecule has 0 saturated heterocycles. The second-order valence-corrected chi connectivity index (χ2v) is 5.86. The molecule has 1 unspecified atom stereocenters. The lowest BCUT2D eigenvalue weighted by molar-refractivity contribution is 0.595. The van der Waals surface area contributed by atoms with Crippen LogP contribution >= 0.6 is 11.6 Å². The van der Waals surface area contributed by atoms with E-state index in [9.17, 15) is 8.42 Å². The second-order valence-electron chi connectivity index (χ2n) is 3.42. The van der Waals surface area contributed by atoms with Crippen LogP contribution in [0, 0.1) is 11.3 Å². The highest BCUT2D eigenvalue weighted by Crippen LogP contribution is 2.34. The Morgan fingerprint density at radius 2 is 2.19 bits per heavy atom. The second kappa shape index (κ2) is 3.58. The summed E-state index contributed by atoms with van der Waals surface area (Å²) in [6.45, 7) is 1.53. The monoisotopic (exact) mass is 254 g/mol. The molecule has 0 bridgehead atoms. The molecule has 1 atom stereocenters. The zero-order valence-electron chi connectivity index (χ0n) is 8.31. The number of hydrogen-bond acceptors (Lipinski definition) is 4. The van der Waals surface area contributed by atoms with Crippen LogP contribution in [0.2, 0.25) is 5.02 Å². The smallest absolute Gasteiger partial charge is 0.202 e. The summed E-state index contributed by atoms with van der Waals surface area (Å²) < 4.78 is 24.1. The van der Waals surface area contributed by atoms with Crippen molar-refractivity contribution < 1.29 is 8.42 Å². The van der Waals surface area contributed by atoms with Crippen molar-refractivity contribution in [3.63, 3.8) is 0 Å². The van der Waals surface area contributed by atoms with Gasteiger partial charge in [0.2, 0.25) is 9.84 Å². The summed E-state index contributed by atoms with van der Waals surface area (Å²) in [7, 11) is -3.68. The first kappa shape index (κ1) is 11.1. The number of halogens is 1. The Labute approximate surface area is 98.1 Å². The van der Waals surface area contributed by atoms with Gasteiger partial charge in [-0.15, -0.1) is 0 Å². The Bertz CT molecular complexity index is 629. The van der Waals surface area contributed by atoms with Gasteiger partial charge in [0.15, 0.2) is 5.25 Å². The Balaban J connectivity index is 2.80. The average Bonchev–Trinajstić information content (AvgIpc) is 2.19. The van der Waals surface area contributed by atoms with Gasteiger partial charge in [-0.2, -0.15) is 5.26 Å². The first-order valence-corrected chi connectivity index (χ1v) is 6.37. The first-order valence-electron chi connectivity index (χ1n) is 4.45. The summed E-state index contributed by atoms with van der Waals surface area (Å²) in [5.41, 5.74) is 0.630. The van der Waals surface area contributed by atoms with Crippen LogP contribution in [0.25, 0.3) is 0 Å². The van der Waals surface area contributed by atoms with Gasteiger partial charge in [-0.05, 0) is 25.1 Å². The molecule has 0 amide bonds. The number of fused-ring (bicyclic) bond motifs is 1. The zero-order chi connectivity index (χ0) is 11.9. The molecule has 0 fully saturated rings. The summed E-state index contributed by atoms with van der Waals surface area (Å²) in [4.78, 5) is 4.12. The zero-order valence-corrected chi connectivity index (χ0v) is 9.88. The lowest BCUT2D eigenvalue weighted by Crippen LogP contribution is -2.29. The molecule has 0 radical (unpaired) electrons. The summed E-state index contributed by atoms with van der Waals surface area (Å²) in [5.74, 6) is 0. The largest absolute Gasteiger partial charge is 0.254 e. The molecule has 6 heteroatoms. The quantitative estimate of drug-likeness (QED) is 0.712. The number of sulfone groups is 1. The third-order valence-corrected chi connectivity index (χ3v) is 4.57. The van der Waals surface area contributed by atoms with E-state index in [1.165, 1.54) is 19.1 Å². The van der Waals surface area contributed by atoms with E-state index in [1.807, 2.05) is 0 Å². The summed E-state index contributed by atoms with van der Waals surface area (Å²) in [6, 6.07) is 6.17. The van der Waals surface area contributed by atoms with Crippen LogP contribution in [0.15, 0.2) is 28.1 Å². The fourth-order valence-electron chi connectivity index (χ4n) is 1.57. The minimum atomic E-state index is -3.68. The molecule has 0 N–H and O–H groups in total. The van der Waals surface area contributed by atoms with Gasteiger partial charge in [0, 0.05) is 10.7 Å². The number of nitrogens with zero attached hydrogens (tertiary/aromatic N) is 2. The van der Waals surface area contributed by atoms with Crippen molar-refractivity contribution in [1.82, 2.24) is 0 Å². The lowest BCUT2D eigenvalue weighted by atomic mass is 10.2. The van der Waals surface area contributed by atoms with Crippen molar-refractivity contribution in [2.75, 3.05) is 0 Å². The van der Waals surface area contributed by atoms with Crippen LogP contribution in [0.4, 0.5) is 5.69 Å². The van der Waals surface area contributed by atoms with Gasteiger partial charge < -0.3 is 0 Å². The Kier molecular flexibility index (Phi) is 2.49. The Morgan fingerprint density at radius 3 is 2.81 bits per heavy atom. The van der Waals surface area contributed by atoms with Gasteiger partial charge in [-0.3, -0.25) is 4.99 Å². The van der Waals surface area contributed by atoms with Crippen LogP contribution in [0.1, 0.15) is 6.92 Å². The third-order valence-electron chi connectivity index (χ3n) is 2.33. The number of nitriles is 1. The highest BCUT2D eigenvalue weighted by atomic mass is 35.5. The van der Waals surface area contributed by atoms with Crippen LogP contribution in [-0.2, 0) is 9.84 Å². The van der Waals surface area contributed by atoms with Crippen molar-refractivity contribution in [3.05, 3.63) is 23.2 Å². The molecule has 4 nitrogen and oxygen atoms in total. The molecule has 0 aromatic heterocycles. The molecule has 1 aromatic rings. The fraction of sp³-hybridized carbons (Fsp3) is 0.200. The maximum atomic E-state index is 12.0. The highest BCUT2D eigenvalue weighted by molar-refractivity contribution is 7.93. The molecule has 1 aliphatic rings. The standard InChI is InChI=1S/C10H7ClN2O2S/c1-6-10(5-12)16(14,15)9-4-7(11)2-3-8(9)13-6/h2-4,10H,1H3. The van der Waals surface area contributed by atoms with E-state index < -0.39 is 15.1 Å². The molecule has 16 heavy (non-hydrogen) atoms. The van der Waals surface area contributed by atoms with E-state index in [4.69, 9.17) is 16.9 Å². The van der Waals surface area contributed by atoms with Gasteiger partial charge in [0.25, 0.3) is 0 Å². The molecule has 1 heterocycles. The molecule has 2 rings (SSSR count). The van der Waals surface area contributed by atoms with Crippen LogP contribution in [-0.4, -0.2) is 19.4 Å². The molecule has 82 valence electrons. The summed E-state index contributed by atoms with van der Waals surface area (Å²) in [5, 5.41) is 7.95. The highest BCUT2D eigenvalue weighted by Gasteiger charge is 2.35. The Morgan fingerprint density at radius 1 is 1.50 bits per heavy atom. The Hall–Kier alpha value is -1.38. The number of benzene rings is 1. The van der Waals surface area contributed by atoms with Gasteiger partial charge in [-0.25, -0.2) is 8.42 Å². The minimum absolute atomic E-state index is 0.0251. The van der Waals surface area contributed by atoms with Crippen molar-refractivity contribution in [2.24, 2.45) is 4.99 Å². The molecular formula is C10H7ClN2O2S. The van der Waals surface area contributed by atoms with Crippen molar-refractivity contribution in [3.8, 4) is 6.07 Å². The van der Waals surface area contributed by atoms with E-state index in [-0.39, 0.29) is 10.6 Å². The van der Waals surface area contributed by atoms with Crippen molar-refractivity contribution >= 4 is 32.8 Å². The fourth-order valence-corrected chi connectivity index (χ4v) is 3.40. The van der Waals surface area contributed by atoms with Gasteiger partial charge in [0.05, 0.1) is 16.7 Å². The van der Waals surface area contributed by atoms with E-state index >= 15 is 0 Å². The number of rotatable bonds is 0. The maximum Gasteiger partial charge on any atom is 0.202 e. The van der Waals surface area contributed by atoms with E-state index in [1.54, 1.807) is 12.1 Å². The molecular weight excluding hydrogens is 248 g/mol. The van der Waals surface area contributed by atoms with Crippen molar-refractivity contribution in [1.29, 1.82) is 5.26 Å². The van der Waals surface area contributed by atoms with Crippen LogP contribution in [0.5, 0.6) is 0 Å². The molecule has 0 aliphatic carbocycles. The van der Waals surface area contributed by atoms with E-state index in [0.717, 1.165) is 0 Å².